The summed E-state index contributed by atoms with van der Waals surface area (Å²) >= 11 is 0. The minimum absolute atomic E-state index is 0.115. The number of ether oxygens (including phenoxy) is 2. The van der Waals surface area contributed by atoms with Crippen molar-refractivity contribution in [3.05, 3.63) is 75.6 Å². The number of aromatic amines is 1. The number of hydrogen-bond donors (Lipinski definition) is 2. The average molecular weight is 597 g/mol. The first-order valence-corrected chi connectivity index (χ1v) is 14.5. The van der Waals surface area contributed by atoms with Crippen LogP contribution in [0, 0.1) is 5.92 Å². The van der Waals surface area contributed by atoms with Crippen LogP contribution in [0.5, 0.6) is 5.75 Å². The van der Waals surface area contributed by atoms with Gasteiger partial charge < -0.3 is 19.1 Å². The van der Waals surface area contributed by atoms with Crippen molar-refractivity contribution < 1.29 is 41.8 Å². The van der Waals surface area contributed by atoms with Crippen LogP contribution in [0.3, 0.4) is 0 Å². The topological polar surface area (TPSA) is 146 Å². The lowest BCUT2D eigenvalue weighted by Crippen LogP contribution is -2.47. The molecule has 0 unspecified atom stereocenters. The molecule has 2 heterocycles. The number of aromatic nitrogens is 2. The highest BCUT2D eigenvalue weighted by Crippen LogP contribution is 2.54. The average Bonchev–Trinajstić information content (AvgIpc) is 3.07. The Morgan fingerprint density at radius 3 is 2.51 bits per heavy atom. The summed E-state index contributed by atoms with van der Waals surface area (Å²) < 4.78 is 67.9. The minimum Gasteiger partial charge on any atom is -0.463 e. The van der Waals surface area contributed by atoms with E-state index in [2.05, 4.69) is 0 Å². The highest BCUT2D eigenvalue weighted by atomic mass is 31.2. The predicted octanol–water partition coefficient (Wildman–Crippen LogP) is 3.85. The molecule has 11 nitrogen and oxygen atoms in total. The molecule has 2 aromatic carbocycles. The normalized spacial score (nSPS) is 26.5. The summed E-state index contributed by atoms with van der Waals surface area (Å²) in [6, 6.07) is 12.8. The Morgan fingerprint density at radius 2 is 1.83 bits per heavy atom. The number of carbonyl (C=O) groups excluding carboxylic acids is 1. The number of carbonyl (C=O) groups is 1. The van der Waals surface area contributed by atoms with Crippen LogP contribution in [-0.2, 0) is 23.4 Å². The van der Waals surface area contributed by atoms with Gasteiger partial charge in [0.2, 0.25) is 0 Å². The lowest BCUT2D eigenvalue weighted by Gasteiger charge is -2.28. The Balaban J connectivity index is 1.64. The van der Waals surface area contributed by atoms with Crippen molar-refractivity contribution in [1.29, 1.82) is 0 Å². The van der Waals surface area contributed by atoms with Gasteiger partial charge in [-0.1, -0.05) is 43.3 Å². The van der Waals surface area contributed by atoms with E-state index in [1.165, 1.54) is 13.0 Å². The van der Waals surface area contributed by atoms with Crippen LogP contribution in [0.25, 0.3) is 10.8 Å². The first kappa shape index (κ1) is 30.6. The van der Waals surface area contributed by atoms with Gasteiger partial charge in [0.05, 0.1) is 18.2 Å². The summed E-state index contributed by atoms with van der Waals surface area (Å²) in [5.74, 6) is -4.93. The molecule has 0 bridgehead atoms. The maximum atomic E-state index is 16.0. The second-order valence-electron chi connectivity index (χ2n) is 10.3. The minimum atomic E-state index is -4.44. The molecule has 1 aliphatic heterocycles. The molecule has 6 atom stereocenters. The van der Waals surface area contributed by atoms with Gasteiger partial charge in [-0.15, -0.1) is 0 Å². The third-order valence-electron chi connectivity index (χ3n) is 6.53. The summed E-state index contributed by atoms with van der Waals surface area (Å²) in [4.78, 5) is 38.1. The molecule has 0 radical (unpaired) electrons. The maximum Gasteiger partial charge on any atom is 0.380 e. The van der Waals surface area contributed by atoms with Crippen LogP contribution in [0.1, 0.15) is 33.9 Å². The van der Waals surface area contributed by atoms with E-state index in [-0.39, 0.29) is 5.75 Å². The molecule has 1 aliphatic rings. The van der Waals surface area contributed by atoms with Crippen LogP contribution in [-0.4, -0.2) is 57.1 Å². The molecule has 0 spiro atoms. The third kappa shape index (κ3) is 6.43. The van der Waals surface area contributed by atoms with E-state index in [0.717, 1.165) is 24.6 Å². The fourth-order valence-electron chi connectivity index (χ4n) is 4.46. The summed E-state index contributed by atoms with van der Waals surface area (Å²) in [6.07, 6.45) is -4.67. The number of nitrogens with zero attached hydrogens (tertiary/aromatic N) is 1. The van der Waals surface area contributed by atoms with Crippen molar-refractivity contribution in [2.24, 2.45) is 5.92 Å². The smallest absolute Gasteiger partial charge is 0.380 e. The number of aliphatic hydroxyl groups is 1. The second kappa shape index (κ2) is 11.5. The van der Waals surface area contributed by atoms with Gasteiger partial charge in [0, 0.05) is 17.6 Å². The second-order valence-corrected chi connectivity index (χ2v) is 12.4. The van der Waals surface area contributed by atoms with E-state index in [4.69, 9.17) is 18.5 Å². The Morgan fingerprint density at radius 1 is 1.15 bits per heavy atom. The lowest BCUT2D eigenvalue weighted by atomic mass is 9.97. The number of hydrogen-bond acceptors (Lipinski definition) is 9. The zero-order chi connectivity index (χ0) is 30.2. The van der Waals surface area contributed by atoms with Crippen LogP contribution in [0.4, 0.5) is 8.78 Å². The van der Waals surface area contributed by atoms with E-state index in [9.17, 15) is 24.1 Å². The molecule has 1 aromatic heterocycles. The van der Waals surface area contributed by atoms with Crippen LogP contribution in [0.15, 0.2) is 64.3 Å². The van der Waals surface area contributed by atoms with Gasteiger partial charge in [-0.25, -0.2) is 18.1 Å². The molecule has 2 N–H and O–H groups in total. The summed E-state index contributed by atoms with van der Waals surface area (Å²) in [6.45, 7) is 4.21. The van der Waals surface area contributed by atoms with Gasteiger partial charge in [-0.2, -0.15) is 0 Å². The number of H-pyrrole nitrogens is 1. The Hall–Kier alpha value is -3.38. The molecule has 3 aromatic rings. The molecule has 1 saturated heterocycles. The third-order valence-corrected chi connectivity index (χ3v) is 8.53. The van der Waals surface area contributed by atoms with Gasteiger partial charge in [0.1, 0.15) is 12.4 Å². The number of aliphatic hydroxyl groups excluding tert-OH is 1. The Labute approximate surface area is 233 Å². The molecular formula is C27H31F2N2O9P. The van der Waals surface area contributed by atoms with Crippen molar-refractivity contribution in [2.75, 3.05) is 12.8 Å². The Kier molecular flexibility index (Phi) is 8.56. The predicted molar refractivity (Wildman–Crippen MR) is 144 cm³/mol. The van der Waals surface area contributed by atoms with Gasteiger partial charge in [-0.3, -0.25) is 23.7 Å². The number of nitrogens with one attached hydrogen (secondary N) is 1. The Bertz CT molecular complexity index is 1590. The van der Waals surface area contributed by atoms with Gasteiger partial charge in [-0.05, 0) is 32.2 Å². The number of fused-ring (bicyclic) bond motifs is 1. The van der Waals surface area contributed by atoms with Crippen molar-refractivity contribution in [3.63, 3.8) is 0 Å². The maximum absolute atomic E-state index is 16.0. The number of alkyl halides is 2. The van der Waals surface area contributed by atoms with Crippen molar-refractivity contribution in [1.82, 2.24) is 9.55 Å². The number of benzene rings is 2. The SMILES string of the molecule is CC(C)OC(=O)[C@H](C)C[P@](=O)(OC[C@@]1(F)O[C@@H](n2ccc(=O)[nH]c2=O)[C@](C)(F)[C@@H]1O)Oc1cccc2ccccc12. The van der Waals surface area contributed by atoms with Gasteiger partial charge in [0.25, 0.3) is 11.4 Å². The van der Waals surface area contributed by atoms with Crippen LogP contribution < -0.4 is 15.8 Å². The quantitative estimate of drug-likeness (QED) is 0.263. The van der Waals surface area contributed by atoms with Crippen molar-refractivity contribution in [3.8, 4) is 5.75 Å². The van der Waals surface area contributed by atoms with E-state index in [1.807, 2.05) is 4.98 Å². The monoisotopic (exact) mass is 596 g/mol. The zero-order valence-corrected chi connectivity index (χ0v) is 23.7. The largest absolute Gasteiger partial charge is 0.463 e. The van der Waals surface area contributed by atoms with E-state index in [1.54, 1.807) is 50.2 Å². The first-order valence-electron chi connectivity index (χ1n) is 12.8. The molecule has 0 saturated carbocycles. The van der Waals surface area contributed by atoms with Gasteiger partial charge in [0.15, 0.2) is 18.0 Å². The fourth-order valence-corrected chi connectivity index (χ4v) is 6.35. The lowest BCUT2D eigenvalue weighted by molar-refractivity contribution is -0.203. The molecular weight excluding hydrogens is 565 g/mol. The molecule has 41 heavy (non-hydrogen) atoms. The molecule has 4 rings (SSSR count). The van der Waals surface area contributed by atoms with Crippen LogP contribution in [0.2, 0.25) is 0 Å². The van der Waals surface area contributed by atoms with E-state index >= 15 is 8.78 Å². The number of rotatable bonds is 10. The first-order chi connectivity index (χ1) is 19.1. The highest BCUT2D eigenvalue weighted by Gasteiger charge is 2.65. The zero-order valence-electron chi connectivity index (χ0n) is 22.8. The standard InChI is InChI=1S/C27H31F2N2O9P/c1-16(2)38-22(33)17(3)14-41(36,40-20-11-7-9-18-8-5-6-10-19(18)20)37-15-27(29)23(34)26(4,28)24(39-27)31-13-12-21(32)30-25(31)35/h5-13,16-17,23-24,34H,14-15H2,1-4H3,(H,30,32,35)/t17-,23+,24-,26-,27-,41+/m1/s1. The van der Waals surface area contributed by atoms with Crippen molar-refractivity contribution >= 4 is 24.3 Å². The number of halogens is 2. The number of esters is 1. The molecule has 14 heteroatoms. The van der Waals surface area contributed by atoms with E-state index in [0.29, 0.717) is 9.95 Å². The summed E-state index contributed by atoms with van der Waals surface area (Å²) in [5, 5.41) is 11.9. The highest BCUT2D eigenvalue weighted by molar-refractivity contribution is 7.54. The fraction of sp³-hybridized carbons (Fsp3) is 0.444. The van der Waals surface area contributed by atoms with Gasteiger partial charge >= 0.3 is 19.3 Å². The molecule has 1 fully saturated rings. The molecule has 0 aliphatic carbocycles. The molecule has 222 valence electrons. The summed E-state index contributed by atoms with van der Waals surface area (Å²) in [7, 11) is -4.44. The summed E-state index contributed by atoms with van der Waals surface area (Å²) in [5.41, 5.74) is -4.78. The molecule has 0 amide bonds. The van der Waals surface area contributed by atoms with Crippen LogP contribution >= 0.6 is 7.60 Å². The van der Waals surface area contributed by atoms with E-state index < -0.39 is 73.5 Å². The van der Waals surface area contributed by atoms with Crippen molar-refractivity contribution in [2.45, 2.75) is 57.7 Å².